The molecule has 0 saturated carbocycles. The summed E-state index contributed by atoms with van der Waals surface area (Å²) in [6.45, 7) is 6.58. The Morgan fingerprint density at radius 1 is 1.07 bits per heavy atom. The highest BCUT2D eigenvalue weighted by atomic mass is 19.3. The molecule has 0 aliphatic rings. The molecule has 3 heterocycles. The van der Waals surface area contributed by atoms with Crippen LogP contribution in [0.4, 0.5) is 8.78 Å². The molecule has 0 unspecified atom stereocenters. The second kappa shape index (κ2) is 12.6. The van der Waals surface area contributed by atoms with Gasteiger partial charge in [0.25, 0.3) is 11.5 Å². The van der Waals surface area contributed by atoms with Gasteiger partial charge < -0.3 is 9.47 Å². The second-order valence-electron chi connectivity index (χ2n) is 9.75. The summed E-state index contributed by atoms with van der Waals surface area (Å²) in [5, 5.41) is 4.37. The van der Waals surface area contributed by atoms with Gasteiger partial charge in [-0.2, -0.15) is 5.10 Å². The summed E-state index contributed by atoms with van der Waals surface area (Å²) in [7, 11) is 0. The first-order valence-electron chi connectivity index (χ1n) is 13.6. The summed E-state index contributed by atoms with van der Waals surface area (Å²) in [4.78, 5) is 43.0. The Kier molecular flexibility index (Phi) is 9.16. The molecular formula is C28H34F2N6O5. The SMILES string of the molecule is CCCC(=O)OCOCn1c(-c2cnn(Cc3cccc(C(C)(F)F)c3)c2)nc2c1c(=O)n(CCC)c(=O)n2CC. The number of carbonyl (C=O) groups is 1. The van der Waals surface area contributed by atoms with Crippen molar-refractivity contribution in [3.63, 3.8) is 0 Å². The van der Waals surface area contributed by atoms with E-state index in [9.17, 15) is 23.2 Å². The molecule has 1 aromatic carbocycles. The van der Waals surface area contributed by atoms with Crippen molar-refractivity contribution in [1.29, 1.82) is 0 Å². The van der Waals surface area contributed by atoms with Gasteiger partial charge in [-0.1, -0.05) is 32.0 Å². The molecule has 0 atom stereocenters. The number of imidazole rings is 1. The number of benzene rings is 1. The van der Waals surface area contributed by atoms with Crippen molar-refractivity contribution < 1.29 is 23.0 Å². The number of hydrogen-bond acceptors (Lipinski definition) is 7. The predicted octanol–water partition coefficient (Wildman–Crippen LogP) is 4.09. The van der Waals surface area contributed by atoms with Crippen molar-refractivity contribution in [3.8, 4) is 11.4 Å². The van der Waals surface area contributed by atoms with E-state index in [1.165, 1.54) is 32.0 Å². The molecule has 0 spiro atoms. The third-order valence-electron chi connectivity index (χ3n) is 6.53. The lowest BCUT2D eigenvalue weighted by Crippen LogP contribution is -2.40. The zero-order chi connectivity index (χ0) is 29.7. The highest BCUT2D eigenvalue weighted by molar-refractivity contribution is 5.76. The molecule has 0 aliphatic heterocycles. The number of halogens is 2. The van der Waals surface area contributed by atoms with Crippen LogP contribution >= 0.6 is 0 Å². The maximum Gasteiger partial charge on any atom is 0.332 e. The van der Waals surface area contributed by atoms with E-state index in [0.29, 0.717) is 29.8 Å². The minimum Gasteiger partial charge on any atom is -0.438 e. The van der Waals surface area contributed by atoms with Gasteiger partial charge in [-0.05, 0) is 31.4 Å². The van der Waals surface area contributed by atoms with Crippen molar-refractivity contribution in [1.82, 2.24) is 28.5 Å². The molecule has 0 radical (unpaired) electrons. The first kappa shape index (κ1) is 29.8. The summed E-state index contributed by atoms with van der Waals surface area (Å²) in [5.74, 6) is -3.06. The Balaban J connectivity index is 1.75. The number of rotatable bonds is 13. The van der Waals surface area contributed by atoms with Crippen LogP contribution in [0.2, 0.25) is 0 Å². The molecule has 0 aliphatic carbocycles. The molecule has 11 nitrogen and oxygen atoms in total. The zero-order valence-electron chi connectivity index (χ0n) is 23.6. The highest BCUT2D eigenvalue weighted by Gasteiger charge is 2.25. The molecule has 220 valence electrons. The van der Waals surface area contributed by atoms with Crippen molar-refractivity contribution in [2.75, 3.05) is 6.79 Å². The number of ether oxygens (including phenoxy) is 2. The Labute approximate surface area is 234 Å². The number of hydrogen-bond donors (Lipinski definition) is 0. The maximum absolute atomic E-state index is 13.8. The van der Waals surface area contributed by atoms with E-state index in [0.717, 1.165) is 6.92 Å². The van der Waals surface area contributed by atoms with Gasteiger partial charge in [0.05, 0.1) is 18.3 Å². The van der Waals surface area contributed by atoms with Gasteiger partial charge >= 0.3 is 11.7 Å². The van der Waals surface area contributed by atoms with Crippen LogP contribution in [0.1, 0.15) is 58.1 Å². The molecule has 13 heteroatoms. The molecule has 0 amide bonds. The summed E-state index contributed by atoms with van der Waals surface area (Å²) >= 11 is 0. The first-order valence-corrected chi connectivity index (χ1v) is 13.6. The van der Waals surface area contributed by atoms with Gasteiger partial charge in [0, 0.05) is 38.2 Å². The van der Waals surface area contributed by atoms with E-state index < -0.39 is 23.1 Å². The summed E-state index contributed by atoms with van der Waals surface area (Å²) in [5.41, 5.74) is 0.449. The fourth-order valence-electron chi connectivity index (χ4n) is 4.55. The first-order chi connectivity index (χ1) is 19.6. The topological polar surface area (TPSA) is 115 Å². The number of fused-ring (bicyclic) bond motifs is 1. The van der Waals surface area contributed by atoms with Gasteiger partial charge in [-0.15, -0.1) is 0 Å². The van der Waals surface area contributed by atoms with Gasteiger partial charge in [-0.3, -0.25) is 28.0 Å². The monoisotopic (exact) mass is 572 g/mol. The molecule has 41 heavy (non-hydrogen) atoms. The standard InChI is InChI=1S/C28H34F2N6O5/c1-5-9-22(37)41-18-40-17-36-23-25(34(7-3)27(39)35(12-6-2)26(23)38)32-24(36)20-14-31-33(16-20)15-19-10-8-11-21(13-19)28(4,29)30/h8,10-11,13-14,16H,5-7,9,12,15,17-18H2,1-4H3. The molecular weight excluding hydrogens is 538 g/mol. The van der Waals surface area contributed by atoms with Crippen LogP contribution in [-0.4, -0.2) is 41.2 Å². The quantitative estimate of drug-likeness (QED) is 0.135. The second-order valence-corrected chi connectivity index (χ2v) is 9.75. The van der Waals surface area contributed by atoms with Gasteiger partial charge in [0.15, 0.2) is 18.0 Å². The smallest absolute Gasteiger partial charge is 0.332 e. The van der Waals surface area contributed by atoms with Crippen LogP contribution in [0, 0.1) is 0 Å². The molecule has 0 bridgehead atoms. The Hall–Kier alpha value is -4.13. The molecule has 4 aromatic rings. The lowest BCUT2D eigenvalue weighted by atomic mass is 10.1. The van der Waals surface area contributed by atoms with Crippen molar-refractivity contribution in [2.24, 2.45) is 0 Å². The Morgan fingerprint density at radius 2 is 1.85 bits per heavy atom. The number of aryl methyl sites for hydroxylation is 1. The van der Waals surface area contributed by atoms with Gasteiger partial charge in [0.2, 0.25) is 0 Å². The summed E-state index contributed by atoms with van der Waals surface area (Å²) < 4.78 is 44.1. The minimum atomic E-state index is -2.97. The largest absolute Gasteiger partial charge is 0.438 e. The van der Waals surface area contributed by atoms with Gasteiger partial charge in [-0.25, -0.2) is 18.6 Å². The fourth-order valence-corrected chi connectivity index (χ4v) is 4.55. The normalized spacial score (nSPS) is 11.9. The summed E-state index contributed by atoms with van der Waals surface area (Å²) in [6, 6.07) is 6.11. The number of esters is 1. The number of alkyl halides is 2. The Morgan fingerprint density at radius 3 is 2.54 bits per heavy atom. The Bertz CT molecular complexity index is 1650. The van der Waals surface area contributed by atoms with Gasteiger partial charge in [0.1, 0.15) is 12.6 Å². The third-order valence-corrected chi connectivity index (χ3v) is 6.53. The van der Waals surface area contributed by atoms with Crippen LogP contribution < -0.4 is 11.2 Å². The zero-order valence-corrected chi connectivity index (χ0v) is 23.6. The summed E-state index contributed by atoms with van der Waals surface area (Å²) in [6.07, 6.45) is 4.68. The number of nitrogens with zero attached hydrogens (tertiary/aromatic N) is 6. The minimum absolute atomic E-state index is 0.0955. The molecule has 0 fully saturated rings. The molecule has 3 aromatic heterocycles. The fraction of sp³-hybridized carbons (Fsp3) is 0.464. The van der Waals surface area contributed by atoms with E-state index in [1.807, 2.05) is 13.8 Å². The van der Waals surface area contributed by atoms with E-state index in [-0.39, 0.29) is 56.3 Å². The van der Waals surface area contributed by atoms with Crippen LogP contribution in [0.3, 0.4) is 0 Å². The van der Waals surface area contributed by atoms with E-state index in [2.05, 4.69) is 10.1 Å². The van der Waals surface area contributed by atoms with Crippen LogP contribution in [0.5, 0.6) is 0 Å². The predicted molar refractivity (Wildman–Crippen MR) is 148 cm³/mol. The third kappa shape index (κ3) is 6.45. The van der Waals surface area contributed by atoms with Crippen molar-refractivity contribution >= 4 is 17.1 Å². The number of carbonyl (C=O) groups excluding carboxylic acids is 1. The van der Waals surface area contributed by atoms with Crippen LogP contribution in [0.25, 0.3) is 22.6 Å². The number of aromatic nitrogens is 6. The lowest BCUT2D eigenvalue weighted by molar-refractivity contribution is -0.159. The molecule has 4 rings (SSSR count). The molecule has 0 saturated heterocycles. The maximum atomic E-state index is 13.8. The van der Waals surface area contributed by atoms with Crippen LogP contribution in [0.15, 0.2) is 46.2 Å². The highest BCUT2D eigenvalue weighted by Crippen LogP contribution is 2.28. The van der Waals surface area contributed by atoms with Crippen LogP contribution in [-0.2, 0) is 46.6 Å². The average molecular weight is 573 g/mol. The van der Waals surface area contributed by atoms with Crippen molar-refractivity contribution in [2.45, 2.75) is 79.2 Å². The van der Waals surface area contributed by atoms with Crippen molar-refractivity contribution in [3.05, 3.63) is 68.6 Å². The van der Waals surface area contributed by atoms with E-state index in [4.69, 9.17) is 9.47 Å². The van der Waals surface area contributed by atoms with E-state index in [1.54, 1.807) is 29.9 Å². The average Bonchev–Trinajstić information content (AvgIpc) is 3.54. The molecule has 0 N–H and O–H groups in total. The van der Waals surface area contributed by atoms with E-state index >= 15 is 0 Å². The lowest BCUT2D eigenvalue weighted by Gasteiger charge is -2.12.